The molecule has 0 aromatic carbocycles. The monoisotopic (exact) mass is 288 g/mol. The Balaban J connectivity index is 1.54. The Morgan fingerprint density at radius 2 is 2.24 bits per heavy atom. The molecule has 0 bridgehead atoms. The van der Waals surface area contributed by atoms with Crippen LogP contribution < -0.4 is 4.74 Å². The van der Waals surface area contributed by atoms with Gasteiger partial charge in [0, 0.05) is 44.3 Å². The Kier molecular flexibility index (Phi) is 3.81. The normalized spacial score (nSPS) is 16.0. The lowest BCUT2D eigenvalue weighted by Gasteiger charge is -2.31. The number of piperidine rings is 1. The molecule has 7 heteroatoms. The van der Waals surface area contributed by atoms with Crippen molar-refractivity contribution in [3.05, 3.63) is 36.1 Å². The van der Waals surface area contributed by atoms with Crippen molar-refractivity contribution >= 4 is 5.91 Å². The first-order chi connectivity index (χ1) is 10.2. The van der Waals surface area contributed by atoms with Gasteiger partial charge < -0.3 is 14.2 Å². The summed E-state index contributed by atoms with van der Waals surface area (Å²) >= 11 is 0. The van der Waals surface area contributed by atoms with Crippen LogP contribution >= 0.6 is 0 Å². The van der Waals surface area contributed by atoms with Crippen LogP contribution in [0.15, 0.2) is 29.2 Å². The molecule has 1 aliphatic rings. The topological polar surface area (TPSA) is 81.4 Å². The fourth-order valence-corrected chi connectivity index (χ4v) is 2.32. The van der Waals surface area contributed by atoms with Gasteiger partial charge in [0.25, 0.3) is 5.91 Å². The van der Waals surface area contributed by atoms with Gasteiger partial charge in [-0.1, -0.05) is 5.16 Å². The molecule has 0 atom stereocenters. The van der Waals surface area contributed by atoms with Crippen molar-refractivity contribution in [2.24, 2.45) is 0 Å². The van der Waals surface area contributed by atoms with Gasteiger partial charge >= 0.3 is 0 Å². The first kappa shape index (κ1) is 13.5. The SMILES string of the molecule is Cc1cc(C(=O)N2CCC(Oc3ccncn3)CC2)no1. The highest BCUT2D eigenvalue weighted by Gasteiger charge is 2.26. The standard InChI is InChI=1S/C14H16N4O3/c1-10-8-12(17-21-10)14(19)18-6-3-11(4-7-18)20-13-2-5-15-9-16-13/h2,5,8-9,11H,3-4,6-7H2,1H3. The average Bonchev–Trinajstić information content (AvgIpc) is 2.95. The Morgan fingerprint density at radius 1 is 1.43 bits per heavy atom. The number of likely N-dealkylation sites (tertiary alicyclic amines) is 1. The molecule has 3 heterocycles. The Bertz CT molecular complexity index is 606. The van der Waals surface area contributed by atoms with Crippen molar-refractivity contribution in [3.63, 3.8) is 0 Å². The quantitative estimate of drug-likeness (QED) is 0.850. The lowest BCUT2D eigenvalue weighted by molar-refractivity contribution is 0.0578. The van der Waals surface area contributed by atoms with Crippen LogP contribution in [0.4, 0.5) is 0 Å². The maximum absolute atomic E-state index is 12.2. The third-order valence-electron chi connectivity index (χ3n) is 3.42. The van der Waals surface area contributed by atoms with Crippen molar-refractivity contribution in [1.82, 2.24) is 20.0 Å². The highest BCUT2D eigenvalue weighted by atomic mass is 16.5. The van der Waals surface area contributed by atoms with Gasteiger partial charge in [0.15, 0.2) is 5.69 Å². The lowest BCUT2D eigenvalue weighted by Crippen LogP contribution is -2.42. The van der Waals surface area contributed by atoms with E-state index in [1.54, 1.807) is 30.2 Å². The average molecular weight is 288 g/mol. The zero-order valence-electron chi connectivity index (χ0n) is 11.7. The van der Waals surface area contributed by atoms with E-state index in [4.69, 9.17) is 9.26 Å². The fraction of sp³-hybridized carbons (Fsp3) is 0.429. The summed E-state index contributed by atoms with van der Waals surface area (Å²) < 4.78 is 10.7. The Labute approximate surface area is 121 Å². The van der Waals surface area contributed by atoms with E-state index >= 15 is 0 Å². The van der Waals surface area contributed by atoms with E-state index < -0.39 is 0 Å². The molecule has 0 N–H and O–H groups in total. The van der Waals surface area contributed by atoms with Crippen LogP contribution in [0, 0.1) is 6.92 Å². The van der Waals surface area contributed by atoms with Crippen LogP contribution in [0.3, 0.4) is 0 Å². The lowest BCUT2D eigenvalue weighted by atomic mass is 10.1. The summed E-state index contributed by atoms with van der Waals surface area (Å²) in [6.45, 7) is 3.05. The number of hydrogen-bond acceptors (Lipinski definition) is 6. The molecule has 1 fully saturated rings. The summed E-state index contributed by atoms with van der Waals surface area (Å²) in [6.07, 6.45) is 4.72. The van der Waals surface area contributed by atoms with Gasteiger partial charge in [-0.15, -0.1) is 0 Å². The zero-order chi connectivity index (χ0) is 14.7. The molecule has 0 spiro atoms. The summed E-state index contributed by atoms with van der Waals surface area (Å²) in [5.74, 6) is 1.12. The summed E-state index contributed by atoms with van der Waals surface area (Å²) in [5, 5.41) is 3.76. The van der Waals surface area contributed by atoms with E-state index in [9.17, 15) is 4.79 Å². The number of aryl methyl sites for hydroxylation is 1. The van der Waals surface area contributed by atoms with Crippen molar-refractivity contribution in [2.75, 3.05) is 13.1 Å². The molecule has 3 rings (SSSR count). The third kappa shape index (κ3) is 3.18. The summed E-state index contributed by atoms with van der Waals surface area (Å²) in [7, 11) is 0. The second kappa shape index (κ2) is 5.90. The zero-order valence-corrected chi connectivity index (χ0v) is 11.7. The first-order valence-electron chi connectivity index (χ1n) is 6.87. The van der Waals surface area contributed by atoms with Gasteiger partial charge in [0.05, 0.1) is 0 Å². The summed E-state index contributed by atoms with van der Waals surface area (Å²) in [4.78, 5) is 21.9. The van der Waals surface area contributed by atoms with E-state index in [0.717, 1.165) is 12.8 Å². The highest BCUT2D eigenvalue weighted by Crippen LogP contribution is 2.18. The van der Waals surface area contributed by atoms with Crippen molar-refractivity contribution in [1.29, 1.82) is 0 Å². The van der Waals surface area contributed by atoms with E-state index in [1.807, 2.05) is 0 Å². The number of rotatable bonds is 3. The van der Waals surface area contributed by atoms with E-state index in [0.29, 0.717) is 30.4 Å². The number of nitrogens with zero attached hydrogens (tertiary/aromatic N) is 4. The molecular weight excluding hydrogens is 272 g/mol. The van der Waals surface area contributed by atoms with Gasteiger partial charge in [-0.2, -0.15) is 0 Å². The van der Waals surface area contributed by atoms with E-state index in [-0.39, 0.29) is 12.0 Å². The summed E-state index contributed by atoms with van der Waals surface area (Å²) in [6, 6.07) is 3.39. The van der Waals surface area contributed by atoms with Crippen LogP contribution in [-0.4, -0.2) is 45.1 Å². The molecule has 7 nitrogen and oxygen atoms in total. The van der Waals surface area contributed by atoms with Gasteiger partial charge in [0.1, 0.15) is 18.2 Å². The number of aromatic nitrogens is 3. The predicted octanol–water partition coefficient (Wildman–Crippen LogP) is 1.46. The number of hydrogen-bond donors (Lipinski definition) is 0. The van der Waals surface area contributed by atoms with Crippen molar-refractivity contribution in [2.45, 2.75) is 25.9 Å². The molecule has 0 radical (unpaired) electrons. The van der Waals surface area contributed by atoms with E-state index in [1.165, 1.54) is 6.33 Å². The third-order valence-corrected chi connectivity index (χ3v) is 3.42. The molecule has 2 aromatic heterocycles. The van der Waals surface area contributed by atoms with Gasteiger partial charge in [-0.05, 0) is 6.92 Å². The molecule has 21 heavy (non-hydrogen) atoms. The smallest absolute Gasteiger partial charge is 0.276 e. The van der Waals surface area contributed by atoms with Gasteiger partial charge in [-0.3, -0.25) is 4.79 Å². The van der Waals surface area contributed by atoms with Crippen molar-refractivity contribution < 1.29 is 14.1 Å². The minimum Gasteiger partial charge on any atom is -0.474 e. The van der Waals surface area contributed by atoms with Gasteiger partial charge in [0.2, 0.25) is 5.88 Å². The molecule has 0 aliphatic carbocycles. The molecule has 1 aliphatic heterocycles. The number of amides is 1. The van der Waals surface area contributed by atoms with Crippen LogP contribution in [0.25, 0.3) is 0 Å². The second-order valence-corrected chi connectivity index (χ2v) is 4.98. The molecule has 110 valence electrons. The van der Waals surface area contributed by atoms with Crippen LogP contribution in [0.2, 0.25) is 0 Å². The Hall–Kier alpha value is -2.44. The molecule has 0 saturated carbocycles. The molecule has 1 saturated heterocycles. The molecular formula is C14H16N4O3. The second-order valence-electron chi connectivity index (χ2n) is 4.98. The van der Waals surface area contributed by atoms with E-state index in [2.05, 4.69) is 15.1 Å². The number of ether oxygens (including phenoxy) is 1. The first-order valence-corrected chi connectivity index (χ1v) is 6.87. The summed E-state index contributed by atoms with van der Waals surface area (Å²) in [5.41, 5.74) is 0.364. The van der Waals surface area contributed by atoms with Crippen LogP contribution in [0.5, 0.6) is 5.88 Å². The Morgan fingerprint density at radius 3 is 2.86 bits per heavy atom. The maximum Gasteiger partial charge on any atom is 0.276 e. The molecule has 1 amide bonds. The maximum atomic E-state index is 12.2. The minimum absolute atomic E-state index is 0.0722. The highest BCUT2D eigenvalue weighted by molar-refractivity contribution is 5.92. The van der Waals surface area contributed by atoms with Gasteiger partial charge in [-0.25, -0.2) is 9.97 Å². The largest absolute Gasteiger partial charge is 0.474 e. The minimum atomic E-state index is -0.0904. The molecule has 0 unspecified atom stereocenters. The fourth-order valence-electron chi connectivity index (χ4n) is 2.32. The number of carbonyl (C=O) groups excluding carboxylic acids is 1. The predicted molar refractivity (Wildman–Crippen MR) is 72.8 cm³/mol. The number of carbonyl (C=O) groups is 1. The van der Waals surface area contributed by atoms with Crippen molar-refractivity contribution in [3.8, 4) is 5.88 Å². The van der Waals surface area contributed by atoms with Crippen LogP contribution in [-0.2, 0) is 0 Å². The van der Waals surface area contributed by atoms with Crippen LogP contribution in [0.1, 0.15) is 29.1 Å². The molecule has 2 aromatic rings.